The van der Waals surface area contributed by atoms with Crippen LogP contribution in [0.15, 0.2) is 48.5 Å². The highest BCUT2D eigenvalue weighted by Gasteiger charge is 2.25. The first-order chi connectivity index (χ1) is 10.2. The second kappa shape index (κ2) is 7.34. The van der Waals surface area contributed by atoms with Crippen LogP contribution in [0.2, 0.25) is 0 Å². The molecule has 0 saturated carbocycles. The number of hydrogen-bond acceptors (Lipinski definition) is 2. The summed E-state index contributed by atoms with van der Waals surface area (Å²) < 4.78 is 19.4. The average Bonchev–Trinajstić information content (AvgIpc) is 2.51. The third-order valence-corrected chi connectivity index (χ3v) is 3.69. The van der Waals surface area contributed by atoms with Crippen LogP contribution in [-0.2, 0) is 4.74 Å². The van der Waals surface area contributed by atoms with Crippen molar-refractivity contribution in [3.05, 3.63) is 71.0 Å². The fourth-order valence-electron chi connectivity index (χ4n) is 2.65. The number of hydrogen-bond donors (Lipinski definition) is 1. The molecule has 1 N–H and O–H groups in total. The van der Waals surface area contributed by atoms with Crippen molar-refractivity contribution in [2.75, 3.05) is 13.7 Å². The maximum absolute atomic E-state index is 13.6. The Morgan fingerprint density at radius 1 is 1.14 bits per heavy atom. The molecule has 2 nitrogen and oxygen atoms in total. The number of ether oxygens (including phenoxy) is 1. The molecule has 0 spiro atoms. The Hall–Kier alpha value is -1.71. The Balaban J connectivity index is 2.43. The molecule has 3 heteroatoms. The van der Waals surface area contributed by atoms with Gasteiger partial charge in [-0.1, -0.05) is 43.3 Å². The summed E-state index contributed by atoms with van der Waals surface area (Å²) in [5, 5.41) is 3.42. The van der Waals surface area contributed by atoms with E-state index < -0.39 is 0 Å². The molecule has 0 aliphatic carbocycles. The lowest BCUT2D eigenvalue weighted by atomic mass is 9.92. The zero-order chi connectivity index (χ0) is 15.2. The lowest BCUT2D eigenvalue weighted by molar-refractivity contribution is 0.0678. The topological polar surface area (TPSA) is 21.3 Å². The zero-order valence-corrected chi connectivity index (χ0v) is 12.8. The van der Waals surface area contributed by atoms with E-state index in [1.165, 1.54) is 6.07 Å². The molecule has 2 unspecified atom stereocenters. The zero-order valence-electron chi connectivity index (χ0n) is 12.8. The van der Waals surface area contributed by atoms with Crippen LogP contribution in [0.5, 0.6) is 0 Å². The molecule has 21 heavy (non-hydrogen) atoms. The van der Waals surface area contributed by atoms with Crippen molar-refractivity contribution in [1.82, 2.24) is 5.32 Å². The standard InChI is InChI=1S/C18H22FNO/c1-4-20-17(16-12-15(19)11-10-13(16)2)18(21-3)14-8-6-5-7-9-14/h5-12,17-18,20H,4H2,1-3H3. The summed E-state index contributed by atoms with van der Waals surface area (Å²) in [7, 11) is 1.69. The van der Waals surface area contributed by atoms with E-state index in [4.69, 9.17) is 4.74 Å². The highest BCUT2D eigenvalue weighted by molar-refractivity contribution is 5.33. The molecule has 2 rings (SSSR count). The molecule has 0 heterocycles. The number of halogens is 1. The molecule has 0 radical (unpaired) electrons. The Morgan fingerprint density at radius 2 is 1.86 bits per heavy atom. The maximum Gasteiger partial charge on any atom is 0.123 e. The SMILES string of the molecule is CCNC(c1cc(F)ccc1C)C(OC)c1ccccc1. The summed E-state index contributed by atoms with van der Waals surface area (Å²) >= 11 is 0. The largest absolute Gasteiger partial charge is 0.375 e. The van der Waals surface area contributed by atoms with E-state index in [9.17, 15) is 4.39 Å². The molecule has 0 aliphatic rings. The molecular weight excluding hydrogens is 265 g/mol. The Morgan fingerprint density at radius 3 is 2.48 bits per heavy atom. The number of benzene rings is 2. The van der Waals surface area contributed by atoms with Crippen molar-refractivity contribution in [3.63, 3.8) is 0 Å². The Bertz CT molecular complexity index is 571. The highest BCUT2D eigenvalue weighted by Crippen LogP contribution is 2.33. The van der Waals surface area contributed by atoms with Gasteiger partial charge in [0.1, 0.15) is 11.9 Å². The molecule has 0 saturated heterocycles. The fraction of sp³-hybridized carbons (Fsp3) is 0.333. The lowest BCUT2D eigenvalue weighted by Gasteiger charge is -2.29. The van der Waals surface area contributed by atoms with E-state index in [0.29, 0.717) is 0 Å². The molecule has 2 atom stereocenters. The van der Waals surface area contributed by atoms with Gasteiger partial charge in [0, 0.05) is 7.11 Å². The van der Waals surface area contributed by atoms with Crippen LogP contribution in [0.25, 0.3) is 0 Å². The minimum atomic E-state index is -0.221. The van der Waals surface area contributed by atoms with Crippen LogP contribution in [-0.4, -0.2) is 13.7 Å². The predicted octanol–water partition coefficient (Wildman–Crippen LogP) is 4.17. The van der Waals surface area contributed by atoms with Crippen molar-refractivity contribution in [2.24, 2.45) is 0 Å². The van der Waals surface area contributed by atoms with Crippen LogP contribution >= 0.6 is 0 Å². The molecule has 2 aromatic carbocycles. The van der Waals surface area contributed by atoms with Gasteiger partial charge >= 0.3 is 0 Å². The normalized spacial score (nSPS) is 13.9. The van der Waals surface area contributed by atoms with Gasteiger partial charge in [-0.05, 0) is 42.3 Å². The number of likely N-dealkylation sites (N-methyl/N-ethyl adjacent to an activating group) is 1. The van der Waals surface area contributed by atoms with Gasteiger partial charge in [0.25, 0.3) is 0 Å². The van der Waals surface area contributed by atoms with Gasteiger partial charge in [-0.15, -0.1) is 0 Å². The summed E-state index contributed by atoms with van der Waals surface area (Å²) in [6.45, 7) is 4.82. The molecular formula is C18H22FNO. The minimum Gasteiger partial charge on any atom is -0.375 e. The lowest BCUT2D eigenvalue weighted by Crippen LogP contribution is -2.29. The summed E-state index contributed by atoms with van der Waals surface area (Å²) in [6, 6.07) is 14.8. The molecule has 0 aromatic heterocycles. The summed E-state index contributed by atoms with van der Waals surface area (Å²) in [5.41, 5.74) is 3.07. The first-order valence-electron chi connectivity index (χ1n) is 7.24. The van der Waals surface area contributed by atoms with E-state index in [-0.39, 0.29) is 18.0 Å². The van der Waals surface area contributed by atoms with Gasteiger partial charge in [0.2, 0.25) is 0 Å². The molecule has 112 valence electrons. The molecule has 0 bridgehead atoms. The van der Waals surface area contributed by atoms with Gasteiger partial charge in [-0.2, -0.15) is 0 Å². The number of rotatable bonds is 6. The first kappa shape index (κ1) is 15.7. The quantitative estimate of drug-likeness (QED) is 0.861. The summed E-state index contributed by atoms with van der Waals surface area (Å²) in [6.07, 6.45) is -0.161. The summed E-state index contributed by atoms with van der Waals surface area (Å²) in [4.78, 5) is 0. The van der Waals surface area contributed by atoms with Gasteiger partial charge in [0.05, 0.1) is 6.04 Å². The summed E-state index contributed by atoms with van der Waals surface area (Å²) in [5.74, 6) is -0.221. The van der Waals surface area contributed by atoms with Crippen LogP contribution in [0.4, 0.5) is 4.39 Å². The van der Waals surface area contributed by atoms with Crippen molar-refractivity contribution >= 4 is 0 Å². The van der Waals surface area contributed by atoms with Crippen molar-refractivity contribution in [3.8, 4) is 0 Å². The highest BCUT2D eigenvalue weighted by atomic mass is 19.1. The van der Waals surface area contributed by atoms with Crippen LogP contribution in [0.1, 0.15) is 35.8 Å². The van der Waals surface area contributed by atoms with Gasteiger partial charge in [-0.25, -0.2) is 4.39 Å². The maximum atomic E-state index is 13.6. The monoisotopic (exact) mass is 287 g/mol. The van der Waals surface area contributed by atoms with Crippen LogP contribution in [0, 0.1) is 12.7 Å². The van der Waals surface area contributed by atoms with E-state index in [2.05, 4.69) is 5.32 Å². The Kier molecular flexibility index (Phi) is 5.48. The van der Waals surface area contributed by atoms with Crippen molar-refractivity contribution in [2.45, 2.75) is 26.0 Å². The number of aryl methyl sites for hydroxylation is 1. The van der Waals surface area contributed by atoms with Crippen molar-refractivity contribution < 1.29 is 9.13 Å². The fourth-order valence-corrected chi connectivity index (χ4v) is 2.65. The Labute approximate surface area is 126 Å². The average molecular weight is 287 g/mol. The molecule has 2 aromatic rings. The number of methoxy groups -OCH3 is 1. The van der Waals surface area contributed by atoms with Gasteiger partial charge < -0.3 is 10.1 Å². The molecule has 0 fully saturated rings. The van der Waals surface area contributed by atoms with E-state index in [1.807, 2.05) is 50.2 Å². The second-order valence-corrected chi connectivity index (χ2v) is 5.10. The van der Waals surface area contributed by atoms with Gasteiger partial charge in [0.15, 0.2) is 0 Å². The predicted molar refractivity (Wildman–Crippen MR) is 83.7 cm³/mol. The van der Waals surface area contributed by atoms with E-state index in [1.54, 1.807) is 13.2 Å². The third kappa shape index (κ3) is 3.69. The molecule has 0 aliphatic heterocycles. The van der Waals surface area contributed by atoms with Crippen molar-refractivity contribution in [1.29, 1.82) is 0 Å². The van der Waals surface area contributed by atoms with E-state index in [0.717, 1.165) is 23.2 Å². The third-order valence-electron chi connectivity index (χ3n) is 3.69. The first-order valence-corrected chi connectivity index (χ1v) is 7.24. The smallest absolute Gasteiger partial charge is 0.123 e. The van der Waals surface area contributed by atoms with E-state index >= 15 is 0 Å². The van der Waals surface area contributed by atoms with Crippen LogP contribution < -0.4 is 5.32 Å². The second-order valence-electron chi connectivity index (χ2n) is 5.10. The minimum absolute atomic E-state index is 0.0851. The van der Waals surface area contributed by atoms with Crippen LogP contribution in [0.3, 0.4) is 0 Å². The number of nitrogens with one attached hydrogen (secondary N) is 1. The van der Waals surface area contributed by atoms with Gasteiger partial charge in [-0.3, -0.25) is 0 Å². The molecule has 0 amide bonds.